The highest BCUT2D eigenvalue weighted by Gasteiger charge is 2.17. The molecule has 2 aromatic carbocycles. The van der Waals surface area contributed by atoms with Crippen molar-refractivity contribution in [2.45, 2.75) is 0 Å². The van der Waals surface area contributed by atoms with Crippen LogP contribution >= 0.6 is 0 Å². The van der Waals surface area contributed by atoms with E-state index in [0.717, 1.165) is 43.5 Å². The van der Waals surface area contributed by atoms with Gasteiger partial charge in [0, 0.05) is 43.1 Å². The maximum Gasteiger partial charge on any atom is 0.150 e. The molecule has 2 aromatic rings. The Balaban J connectivity index is 1.64. The summed E-state index contributed by atoms with van der Waals surface area (Å²) in [7, 11) is 5.73. The SMILES string of the molecule is [B]c1ccc(N2CCN(c3ccc(C=O)cc3)CC2)cc1. The van der Waals surface area contributed by atoms with Crippen molar-refractivity contribution < 1.29 is 4.79 Å². The molecule has 0 bridgehead atoms. The largest absolute Gasteiger partial charge is 0.368 e. The molecule has 0 aromatic heterocycles. The third-order valence-electron chi connectivity index (χ3n) is 3.93. The Bertz CT molecular complexity index is 602. The Hall–Kier alpha value is -2.23. The van der Waals surface area contributed by atoms with Crippen LogP contribution in [0.15, 0.2) is 48.5 Å². The van der Waals surface area contributed by atoms with Crippen LogP contribution in [0.25, 0.3) is 0 Å². The van der Waals surface area contributed by atoms with Gasteiger partial charge >= 0.3 is 0 Å². The van der Waals surface area contributed by atoms with Crippen molar-refractivity contribution in [2.24, 2.45) is 0 Å². The Morgan fingerprint density at radius 1 is 0.762 bits per heavy atom. The van der Waals surface area contributed by atoms with Gasteiger partial charge in [-0.05, 0) is 36.4 Å². The monoisotopic (exact) mass is 276 g/mol. The molecule has 0 saturated carbocycles. The lowest BCUT2D eigenvalue weighted by atomic mass is 9.96. The van der Waals surface area contributed by atoms with Gasteiger partial charge in [0.05, 0.1) is 0 Å². The molecule has 104 valence electrons. The van der Waals surface area contributed by atoms with E-state index in [2.05, 4.69) is 21.9 Å². The van der Waals surface area contributed by atoms with E-state index in [1.165, 1.54) is 11.4 Å². The van der Waals surface area contributed by atoms with E-state index < -0.39 is 0 Å². The van der Waals surface area contributed by atoms with Crippen molar-refractivity contribution in [1.29, 1.82) is 0 Å². The minimum atomic E-state index is 0.722. The summed E-state index contributed by atoms with van der Waals surface area (Å²) in [4.78, 5) is 15.4. The second-order valence-corrected chi connectivity index (χ2v) is 5.28. The molecule has 21 heavy (non-hydrogen) atoms. The van der Waals surface area contributed by atoms with E-state index in [1.807, 2.05) is 36.4 Å². The third-order valence-corrected chi connectivity index (χ3v) is 3.93. The first kappa shape index (κ1) is 13.7. The Morgan fingerprint density at radius 2 is 1.19 bits per heavy atom. The number of piperazine rings is 1. The fourth-order valence-electron chi connectivity index (χ4n) is 2.67. The number of benzene rings is 2. The molecule has 1 aliphatic heterocycles. The second-order valence-electron chi connectivity index (χ2n) is 5.28. The minimum absolute atomic E-state index is 0.722. The van der Waals surface area contributed by atoms with Crippen LogP contribution in [0.3, 0.4) is 0 Å². The third kappa shape index (κ3) is 3.10. The van der Waals surface area contributed by atoms with Gasteiger partial charge in [0.25, 0.3) is 0 Å². The highest BCUT2D eigenvalue weighted by molar-refractivity contribution is 6.32. The average Bonchev–Trinajstić information content (AvgIpc) is 2.56. The smallest absolute Gasteiger partial charge is 0.150 e. The van der Waals surface area contributed by atoms with Gasteiger partial charge in [-0.25, -0.2) is 0 Å². The van der Waals surface area contributed by atoms with Crippen LogP contribution in [0, 0.1) is 0 Å². The van der Waals surface area contributed by atoms with Gasteiger partial charge in [0.15, 0.2) is 0 Å². The quantitative estimate of drug-likeness (QED) is 0.628. The number of carbonyl (C=O) groups excluding carboxylic acids is 1. The standard InChI is InChI=1S/C17H17BN2O/c18-15-3-7-17(8-4-15)20-11-9-19(10-12-20)16-5-1-14(13-21)2-6-16/h1-8,13H,9-12H2. The van der Waals surface area contributed by atoms with Crippen LogP contribution in [-0.4, -0.2) is 40.3 Å². The van der Waals surface area contributed by atoms with Crippen LogP contribution < -0.4 is 15.3 Å². The summed E-state index contributed by atoms with van der Waals surface area (Å²) in [5.41, 5.74) is 3.92. The predicted octanol–water partition coefficient (Wildman–Crippen LogP) is 1.62. The summed E-state index contributed by atoms with van der Waals surface area (Å²) in [5, 5.41) is 0. The molecule has 0 spiro atoms. The molecule has 0 aliphatic carbocycles. The number of hydrogen-bond acceptors (Lipinski definition) is 3. The summed E-state index contributed by atoms with van der Waals surface area (Å²) < 4.78 is 0. The molecule has 4 heteroatoms. The first-order valence-corrected chi connectivity index (χ1v) is 7.17. The summed E-state index contributed by atoms with van der Waals surface area (Å²) in [6.07, 6.45) is 0.878. The first-order chi connectivity index (χ1) is 10.3. The van der Waals surface area contributed by atoms with E-state index in [1.54, 1.807) is 0 Å². The molecule has 3 rings (SSSR count). The van der Waals surface area contributed by atoms with E-state index in [0.29, 0.717) is 0 Å². The van der Waals surface area contributed by atoms with Gasteiger partial charge in [0.1, 0.15) is 14.1 Å². The lowest BCUT2D eigenvalue weighted by Gasteiger charge is -2.37. The molecule has 0 unspecified atom stereocenters. The van der Waals surface area contributed by atoms with E-state index >= 15 is 0 Å². The zero-order chi connectivity index (χ0) is 14.7. The fourth-order valence-corrected chi connectivity index (χ4v) is 2.67. The van der Waals surface area contributed by atoms with Crippen molar-refractivity contribution in [3.8, 4) is 0 Å². The van der Waals surface area contributed by atoms with E-state index in [4.69, 9.17) is 7.85 Å². The number of nitrogens with zero attached hydrogens (tertiary/aromatic N) is 2. The van der Waals surface area contributed by atoms with Gasteiger partial charge in [-0.2, -0.15) is 0 Å². The number of anilines is 2. The van der Waals surface area contributed by atoms with Crippen LogP contribution in [0.4, 0.5) is 11.4 Å². The maximum absolute atomic E-state index is 10.7. The molecule has 1 saturated heterocycles. The van der Waals surface area contributed by atoms with Crippen molar-refractivity contribution in [3.63, 3.8) is 0 Å². The Labute approximate surface area is 126 Å². The van der Waals surface area contributed by atoms with Crippen molar-refractivity contribution >= 4 is 31.0 Å². The van der Waals surface area contributed by atoms with Gasteiger partial charge in [-0.3, -0.25) is 4.79 Å². The van der Waals surface area contributed by atoms with Crippen LogP contribution in [-0.2, 0) is 0 Å². The van der Waals surface area contributed by atoms with E-state index in [9.17, 15) is 4.79 Å². The second kappa shape index (κ2) is 6.04. The van der Waals surface area contributed by atoms with Gasteiger partial charge < -0.3 is 9.80 Å². The minimum Gasteiger partial charge on any atom is -0.368 e. The lowest BCUT2D eigenvalue weighted by Crippen LogP contribution is -2.46. The topological polar surface area (TPSA) is 23.6 Å². The fraction of sp³-hybridized carbons (Fsp3) is 0.235. The predicted molar refractivity (Wildman–Crippen MR) is 88.1 cm³/mol. The van der Waals surface area contributed by atoms with Crippen LogP contribution in [0.2, 0.25) is 0 Å². The number of carbonyl (C=O) groups is 1. The maximum atomic E-state index is 10.7. The molecule has 0 amide bonds. The van der Waals surface area contributed by atoms with Gasteiger partial charge in [-0.1, -0.05) is 17.6 Å². The molecule has 2 radical (unpaired) electrons. The summed E-state index contributed by atoms with van der Waals surface area (Å²) >= 11 is 0. The molecule has 1 aliphatic rings. The van der Waals surface area contributed by atoms with Gasteiger partial charge in [0.2, 0.25) is 0 Å². The summed E-state index contributed by atoms with van der Waals surface area (Å²) in [6.45, 7) is 3.92. The van der Waals surface area contributed by atoms with Crippen LogP contribution in [0.1, 0.15) is 10.4 Å². The van der Waals surface area contributed by atoms with Crippen molar-refractivity contribution in [1.82, 2.24) is 0 Å². The molecular formula is C17H17BN2O. The van der Waals surface area contributed by atoms with Crippen molar-refractivity contribution in [3.05, 3.63) is 54.1 Å². The molecular weight excluding hydrogens is 259 g/mol. The molecule has 1 fully saturated rings. The zero-order valence-corrected chi connectivity index (χ0v) is 11.9. The highest BCUT2D eigenvalue weighted by atomic mass is 16.1. The Morgan fingerprint density at radius 3 is 1.62 bits per heavy atom. The summed E-state index contributed by atoms with van der Waals surface area (Å²) in [6, 6.07) is 15.8. The molecule has 0 N–H and O–H groups in total. The van der Waals surface area contributed by atoms with E-state index in [-0.39, 0.29) is 0 Å². The number of rotatable bonds is 3. The van der Waals surface area contributed by atoms with Gasteiger partial charge in [-0.15, -0.1) is 0 Å². The zero-order valence-electron chi connectivity index (χ0n) is 11.9. The van der Waals surface area contributed by atoms with Crippen molar-refractivity contribution in [2.75, 3.05) is 36.0 Å². The highest BCUT2D eigenvalue weighted by Crippen LogP contribution is 2.20. The molecule has 1 heterocycles. The Kier molecular flexibility index (Phi) is 3.95. The molecule has 0 atom stereocenters. The summed E-state index contributed by atoms with van der Waals surface area (Å²) in [5.74, 6) is 0. The average molecular weight is 276 g/mol. The van der Waals surface area contributed by atoms with Crippen LogP contribution in [0.5, 0.6) is 0 Å². The lowest BCUT2D eigenvalue weighted by molar-refractivity contribution is 0.112. The normalized spacial score (nSPS) is 15.0. The number of hydrogen-bond donors (Lipinski definition) is 0. The molecule has 3 nitrogen and oxygen atoms in total. The number of aldehydes is 1. The first-order valence-electron chi connectivity index (χ1n) is 7.17.